The Kier molecular flexibility index (Phi) is 6.56. The molecule has 0 amide bonds. The second-order valence-corrected chi connectivity index (χ2v) is 8.59. The number of benzene rings is 2. The molecule has 154 valence electrons. The summed E-state index contributed by atoms with van der Waals surface area (Å²) in [4.78, 5) is 0. The largest absolute Gasteiger partial charge is 0.275 e. The summed E-state index contributed by atoms with van der Waals surface area (Å²) in [7, 11) is 2.13. The van der Waals surface area contributed by atoms with Crippen LogP contribution in [0.15, 0.2) is 48.5 Å². The second-order valence-electron chi connectivity index (χ2n) is 8.59. The maximum Gasteiger partial charge on any atom is 0.275 e. The molecule has 0 fully saturated rings. The van der Waals surface area contributed by atoms with Crippen LogP contribution in [0.2, 0.25) is 0 Å². The first-order valence-electron chi connectivity index (χ1n) is 11.0. The minimum absolute atomic E-state index is 0.170. The van der Waals surface area contributed by atoms with Gasteiger partial charge in [0.2, 0.25) is 0 Å². The maximum absolute atomic E-state index is 4.93. The van der Waals surface area contributed by atoms with Crippen molar-refractivity contribution in [2.75, 3.05) is 0 Å². The van der Waals surface area contributed by atoms with Gasteiger partial charge in [0.15, 0.2) is 0 Å². The summed E-state index contributed by atoms with van der Waals surface area (Å²) >= 11 is 0. The zero-order valence-electron chi connectivity index (χ0n) is 19.0. The van der Waals surface area contributed by atoms with Crippen LogP contribution in [-0.4, -0.2) is 9.78 Å². The zero-order chi connectivity index (χ0) is 21.0. The molecule has 29 heavy (non-hydrogen) atoms. The van der Waals surface area contributed by atoms with E-state index >= 15 is 0 Å². The Balaban J connectivity index is 2.25. The van der Waals surface area contributed by atoms with Gasteiger partial charge >= 0.3 is 0 Å². The van der Waals surface area contributed by atoms with E-state index in [1.54, 1.807) is 0 Å². The van der Waals surface area contributed by atoms with Gasteiger partial charge < -0.3 is 0 Å². The lowest BCUT2D eigenvalue weighted by molar-refractivity contribution is -0.667. The van der Waals surface area contributed by atoms with Gasteiger partial charge in [-0.1, -0.05) is 81.1 Å². The SMILES string of the molecule is CCCCC(C)(CCC)c1ccccc1-c1n(-c2ccccc2C)nc(C)[n+]1C. The quantitative estimate of drug-likeness (QED) is 0.418. The lowest BCUT2D eigenvalue weighted by Gasteiger charge is -2.31. The highest BCUT2D eigenvalue weighted by atomic mass is 15.4. The molecule has 0 N–H and O–H groups in total. The van der Waals surface area contributed by atoms with Crippen molar-refractivity contribution in [3.8, 4) is 17.1 Å². The van der Waals surface area contributed by atoms with Gasteiger partial charge in [0, 0.05) is 12.0 Å². The highest BCUT2D eigenvalue weighted by Gasteiger charge is 2.33. The average molecular weight is 391 g/mol. The molecule has 0 aliphatic rings. The molecule has 0 bridgehead atoms. The summed E-state index contributed by atoms with van der Waals surface area (Å²) in [6, 6.07) is 17.5. The summed E-state index contributed by atoms with van der Waals surface area (Å²) in [6.07, 6.45) is 6.10. The number of hydrogen-bond donors (Lipinski definition) is 0. The van der Waals surface area contributed by atoms with Crippen LogP contribution in [0, 0.1) is 13.8 Å². The maximum atomic E-state index is 4.93. The zero-order valence-corrected chi connectivity index (χ0v) is 19.0. The van der Waals surface area contributed by atoms with Crippen molar-refractivity contribution < 1.29 is 4.57 Å². The molecule has 3 rings (SSSR count). The van der Waals surface area contributed by atoms with Gasteiger partial charge in [0.1, 0.15) is 5.69 Å². The van der Waals surface area contributed by atoms with Crippen LogP contribution < -0.4 is 4.57 Å². The monoisotopic (exact) mass is 390 g/mol. The molecule has 3 nitrogen and oxygen atoms in total. The third kappa shape index (κ3) is 4.14. The molecule has 3 aromatic rings. The topological polar surface area (TPSA) is 21.7 Å². The van der Waals surface area contributed by atoms with E-state index in [1.807, 2.05) is 0 Å². The van der Waals surface area contributed by atoms with Crippen LogP contribution in [0.5, 0.6) is 0 Å². The first-order valence-corrected chi connectivity index (χ1v) is 11.0. The van der Waals surface area contributed by atoms with Crippen molar-refractivity contribution in [1.82, 2.24) is 9.78 Å². The molecule has 1 heterocycles. The molecule has 0 aliphatic carbocycles. The van der Waals surface area contributed by atoms with Crippen LogP contribution in [-0.2, 0) is 12.5 Å². The third-order valence-electron chi connectivity index (χ3n) is 6.29. The number of aromatic nitrogens is 3. The van der Waals surface area contributed by atoms with Gasteiger partial charge in [-0.25, -0.2) is 4.57 Å². The Morgan fingerprint density at radius 3 is 2.31 bits per heavy atom. The number of unbranched alkanes of at least 4 members (excludes halogenated alkanes) is 1. The van der Waals surface area contributed by atoms with Crippen molar-refractivity contribution in [3.05, 3.63) is 65.5 Å². The molecule has 0 radical (unpaired) electrons. The highest BCUT2D eigenvalue weighted by molar-refractivity contribution is 5.63. The Labute approximate surface area is 176 Å². The summed E-state index contributed by atoms with van der Waals surface area (Å²) in [5.74, 6) is 2.18. The first-order chi connectivity index (χ1) is 13.9. The van der Waals surface area contributed by atoms with E-state index < -0.39 is 0 Å². The first kappa shape index (κ1) is 21.3. The van der Waals surface area contributed by atoms with E-state index in [4.69, 9.17) is 5.10 Å². The van der Waals surface area contributed by atoms with Crippen molar-refractivity contribution in [1.29, 1.82) is 0 Å². The molecule has 1 aromatic heterocycles. The Morgan fingerprint density at radius 1 is 0.931 bits per heavy atom. The lowest BCUT2D eigenvalue weighted by atomic mass is 9.73. The molecule has 0 saturated carbocycles. The predicted molar refractivity (Wildman–Crippen MR) is 121 cm³/mol. The number of nitrogens with zero attached hydrogens (tertiary/aromatic N) is 3. The van der Waals surface area contributed by atoms with E-state index in [2.05, 4.69) is 99.4 Å². The fourth-order valence-electron chi connectivity index (χ4n) is 4.54. The van der Waals surface area contributed by atoms with E-state index in [9.17, 15) is 0 Å². The van der Waals surface area contributed by atoms with Crippen LogP contribution in [0.3, 0.4) is 0 Å². The van der Waals surface area contributed by atoms with Crippen molar-refractivity contribution in [2.45, 2.75) is 72.1 Å². The summed E-state index contributed by atoms with van der Waals surface area (Å²) in [5, 5.41) is 4.93. The minimum atomic E-state index is 0.170. The van der Waals surface area contributed by atoms with Crippen LogP contribution in [0.4, 0.5) is 0 Å². The molecule has 3 heteroatoms. The molecule has 1 atom stereocenters. The minimum Gasteiger partial charge on any atom is -0.230 e. The van der Waals surface area contributed by atoms with Gasteiger partial charge in [0.05, 0.1) is 12.6 Å². The Morgan fingerprint density at radius 2 is 1.62 bits per heavy atom. The van der Waals surface area contributed by atoms with Gasteiger partial charge in [-0.3, -0.25) is 0 Å². The Hall–Kier alpha value is -2.42. The molecule has 2 aromatic carbocycles. The normalized spacial score (nSPS) is 13.4. The van der Waals surface area contributed by atoms with E-state index in [0.29, 0.717) is 0 Å². The van der Waals surface area contributed by atoms with Gasteiger partial charge in [0.25, 0.3) is 11.6 Å². The Bertz CT molecular complexity index is 970. The van der Waals surface area contributed by atoms with E-state index in [0.717, 1.165) is 17.3 Å². The number of para-hydroxylation sites is 1. The van der Waals surface area contributed by atoms with Gasteiger partial charge in [-0.05, 0) is 48.4 Å². The molecule has 0 aliphatic heterocycles. The van der Waals surface area contributed by atoms with Crippen LogP contribution in [0.25, 0.3) is 17.1 Å². The fourth-order valence-corrected chi connectivity index (χ4v) is 4.54. The van der Waals surface area contributed by atoms with Gasteiger partial charge in [-0.15, -0.1) is 0 Å². The van der Waals surface area contributed by atoms with Crippen molar-refractivity contribution >= 4 is 0 Å². The highest BCUT2D eigenvalue weighted by Crippen LogP contribution is 2.39. The average Bonchev–Trinajstić information content (AvgIpc) is 3.01. The van der Waals surface area contributed by atoms with Crippen molar-refractivity contribution in [3.63, 3.8) is 0 Å². The van der Waals surface area contributed by atoms with E-state index in [1.165, 1.54) is 48.8 Å². The third-order valence-corrected chi connectivity index (χ3v) is 6.29. The summed E-state index contributed by atoms with van der Waals surface area (Å²) in [5.41, 5.74) is 5.29. The summed E-state index contributed by atoms with van der Waals surface area (Å²) in [6.45, 7) is 11.3. The number of hydrogen-bond acceptors (Lipinski definition) is 1. The molecular formula is C26H36N3+. The number of rotatable bonds is 8. The molecule has 0 spiro atoms. The van der Waals surface area contributed by atoms with Crippen molar-refractivity contribution in [2.24, 2.45) is 7.05 Å². The summed E-state index contributed by atoms with van der Waals surface area (Å²) < 4.78 is 4.37. The van der Waals surface area contributed by atoms with Gasteiger partial charge in [-0.2, -0.15) is 0 Å². The lowest BCUT2D eigenvalue weighted by Crippen LogP contribution is -2.34. The molecule has 1 unspecified atom stereocenters. The molecule has 0 saturated heterocycles. The smallest absolute Gasteiger partial charge is 0.230 e. The fraction of sp³-hybridized carbons (Fsp3) is 0.462. The number of aryl methyl sites for hydroxylation is 2. The predicted octanol–water partition coefficient (Wildman–Crippen LogP) is 6.23. The second kappa shape index (κ2) is 8.94. The van der Waals surface area contributed by atoms with Crippen LogP contribution in [0.1, 0.15) is 69.8 Å². The molecular weight excluding hydrogens is 354 g/mol. The van der Waals surface area contributed by atoms with E-state index in [-0.39, 0.29) is 5.41 Å². The standard InChI is InChI=1S/C26H36N3/c1-7-9-19-26(5,18-8-2)23-16-12-11-15-22(23)25-28(6)21(4)27-29(25)24-17-13-10-14-20(24)3/h10-17H,7-9,18-19H2,1-6H3/q+1. The van der Waals surface area contributed by atoms with Crippen LogP contribution >= 0.6 is 0 Å².